The minimum atomic E-state index is -5.05. The predicted molar refractivity (Wildman–Crippen MR) is 275 cm³/mol. The molecule has 2 aliphatic heterocycles. The summed E-state index contributed by atoms with van der Waals surface area (Å²) in [5, 5.41) is 23.4. The van der Waals surface area contributed by atoms with E-state index in [1.54, 1.807) is 62.4 Å². The number of hydrogen-bond acceptors (Lipinski definition) is 11. The van der Waals surface area contributed by atoms with Crippen LogP contribution in [0, 0.1) is 27.7 Å². The Bertz CT molecular complexity index is 3030. The molecule has 0 spiro atoms. The number of rotatable bonds is 12. The molecule has 17 heteroatoms. The summed E-state index contributed by atoms with van der Waals surface area (Å²) in [5.74, 6) is -1.17. The molecule has 3 unspecified atom stereocenters. The van der Waals surface area contributed by atoms with E-state index in [-0.39, 0.29) is 69.7 Å². The molecular weight excluding hydrogens is 983 g/mol. The molecule has 0 amide bonds. The number of ether oxygens (including phenoxy) is 2. The summed E-state index contributed by atoms with van der Waals surface area (Å²) >= 11 is 0. The standard InChI is InChI=1S/2C28H31O7P.Mg/c2*1-15(2)20-13-23(17(5)11-25(20)29)28(22-10-8-7-9-19(22)27(30)34-28)24-14-21(16(3)4)26(12-18(24)6)35-36(31,32)33;/h2*7-16,29H,1-6H3,(H2,31,32,33);/q;;+2/p-2. The van der Waals surface area contributed by atoms with Crippen LogP contribution in [-0.4, -0.2) is 54.8 Å². The Balaban J connectivity index is 0.000000235. The summed E-state index contributed by atoms with van der Waals surface area (Å²) in [6.45, 7) is 22.6. The van der Waals surface area contributed by atoms with Gasteiger partial charge in [0.05, 0.1) is 11.1 Å². The Morgan fingerprint density at radius 1 is 0.507 bits per heavy atom. The van der Waals surface area contributed by atoms with Gasteiger partial charge in [0, 0.05) is 33.4 Å². The van der Waals surface area contributed by atoms with Crippen molar-refractivity contribution in [3.05, 3.63) is 186 Å². The predicted octanol–water partition coefficient (Wildman–Crippen LogP) is 10.7. The second-order valence-corrected chi connectivity index (χ2v) is 22.1. The van der Waals surface area contributed by atoms with Gasteiger partial charge in [-0.1, -0.05) is 109 Å². The minimum Gasteiger partial charge on any atom is -0.872 e. The average molecular weight is 1040 g/mol. The van der Waals surface area contributed by atoms with E-state index >= 15 is 0 Å². The second-order valence-electron chi connectivity index (χ2n) is 19.8. The summed E-state index contributed by atoms with van der Waals surface area (Å²) in [5.41, 5.74) is 7.13. The monoisotopic (exact) mass is 1040 g/mol. The van der Waals surface area contributed by atoms with Crippen LogP contribution >= 0.6 is 15.6 Å². The number of aromatic hydroxyl groups is 1. The summed E-state index contributed by atoms with van der Waals surface area (Å²) in [4.78, 5) is 66.3. The third kappa shape index (κ3) is 10.7. The number of phosphoric ester groups is 2. The molecular formula is C56H60MgO14P2. The summed E-state index contributed by atoms with van der Waals surface area (Å²) in [7, 11) is -9.85. The largest absolute Gasteiger partial charge is 2.00 e. The van der Waals surface area contributed by atoms with Crippen molar-refractivity contribution < 1.29 is 67.0 Å². The Morgan fingerprint density at radius 2 is 0.849 bits per heavy atom. The van der Waals surface area contributed by atoms with E-state index in [1.807, 2.05) is 112 Å². The third-order valence-corrected chi connectivity index (χ3v) is 14.3. The van der Waals surface area contributed by atoms with E-state index in [2.05, 4.69) is 0 Å². The van der Waals surface area contributed by atoms with Crippen LogP contribution in [0.4, 0.5) is 0 Å². The number of phosphoric acid groups is 2. The first-order valence-electron chi connectivity index (χ1n) is 23.6. The molecule has 0 aliphatic carbocycles. The van der Waals surface area contributed by atoms with Gasteiger partial charge in [-0.05, 0) is 139 Å². The Labute approximate surface area is 442 Å². The Hall–Kier alpha value is -5.47. The van der Waals surface area contributed by atoms with Crippen LogP contribution in [0.25, 0.3) is 0 Å². The molecule has 0 saturated carbocycles. The Morgan fingerprint density at radius 3 is 1.23 bits per heavy atom. The maximum atomic E-state index is 13.2. The van der Waals surface area contributed by atoms with Crippen molar-refractivity contribution in [3.8, 4) is 23.0 Å². The van der Waals surface area contributed by atoms with Gasteiger partial charge in [-0.2, -0.15) is 0 Å². The Kier molecular flexibility index (Phi) is 16.4. The molecule has 3 atom stereocenters. The third-order valence-electron chi connectivity index (χ3n) is 13.4. The number of carbonyl (C=O) groups is 2. The first-order chi connectivity index (χ1) is 33.5. The second kappa shape index (κ2) is 21.0. The number of fused-ring (bicyclic) bond motifs is 2. The van der Waals surface area contributed by atoms with Crippen LogP contribution in [0.2, 0.25) is 0 Å². The van der Waals surface area contributed by atoms with Gasteiger partial charge >= 0.3 is 50.6 Å². The van der Waals surface area contributed by atoms with Crippen molar-refractivity contribution in [2.75, 3.05) is 0 Å². The van der Waals surface area contributed by atoms with Gasteiger partial charge < -0.3 is 38.5 Å². The fourth-order valence-electron chi connectivity index (χ4n) is 10.1. The van der Waals surface area contributed by atoms with Crippen molar-refractivity contribution >= 4 is 50.6 Å². The molecule has 8 rings (SSSR count). The summed E-state index contributed by atoms with van der Waals surface area (Å²) in [6, 6.07) is 28.0. The molecule has 0 aromatic heterocycles. The number of cyclic esters (lactones) is 2. The number of phenolic OH excluding ortho intramolecular Hbond substituents is 1. The zero-order valence-electron chi connectivity index (χ0n) is 43.0. The molecule has 380 valence electrons. The van der Waals surface area contributed by atoms with Crippen LogP contribution in [0.1, 0.15) is 178 Å². The quantitative estimate of drug-likeness (QED) is 0.0507. The zero-order chi connectivity index (χ0) is 53.2. The van der Waals surface area contributed by atoms with Crippen LogP contribution in [-0.2, 0) is 29.8 Å². The topological polar surface area (TPSA) is 232 Å². The van der Waals surface area contributed by atoms with Crippen molar-refractivity contribution in [1.29, 1.82) is 0 Å². The van der Waals surface area contributed by atoms with E-state index in [9.17, 15) is 48.5 Å². The van der Waals surface area contributed by atoms with E-state index in [1.165, 1.54) is 6.07 Å². The van der Waals surface area contributed by atoms with Crippen molar-refractivity contribution in [2.45, 2.75) is 118 Å². The van der Waals surface area contributed by atoms with Crippen LogP contribution in [0.15, 0.2) is 97.1 Å². The van der Waals surface area contributed by atoms with Gasteiger partial charge in [0.2, 0.25) is 0 Å². The van der Waals surface area contributed by atoms with E-state index < -0.39 is 38.8 Å². The SMILES string of the molecule is Cc1cc(O)c(C(C)C)cc1C1(c2cc(C(C)C)c(OP(=O)(O)O)cc2C)OC(=O)c2ccccc21.Cc1cc([O-])c(C(C)C)cc1C1(c2cc(C(C)C)c(OP(=O)([O-])O)cc2C)OC(=O)c2ccccc21.[Mg+2]. The fourth-order valence-corrected chi connectivity index (χ4v) is 10.9. The molecule has 4 N–H and O–H groups in total. The smallest absolute Gasteiger partial charge is 0.872 e. The van der Waals surface area contributed by atoms with Crippen LogP contribution in [0.5, 0.6) is 23.0 Å². The van der Waals surface area contributed by atoms with Crippen LogP contribution in [0.3, 0.4) is 0 Å². The molecule has 0 saturated heterocycles. The fraction of sp³-hybridized carbons (Fsp3) is 0.321. The van der Waals surface area contributed by atoms with E-state index in [0.29, 0.717) is 77.9 Å². The van der Waals surface area contributed by atoms with Crippen LogP contribution < -0.4 is 19.0 Å². The molecule has 14 nitrogen and oxygen atoms in total. The number of aryl methyl sites for hydroxylation is 4. The van der Waals surface area contributed by atoms with Gasteiger partial charge in [-0.15, -0.1) is 5.75 Å². The molecule has 0 bridgehead atoms. The summed E-state index contributed by atoms with van der Waals surface area (Å²) < 4.78 is 45.7. The number of phenols is 1. The van der Waals surface area contributed by atoms with E-state index in [4.69, 9.17) is 18.5 Å². The maximum Gasteiger partial charge on any atom is 2.00 e. The molecule has 2 heterocycles. The average Bonchev–Trinajstić information content (AvgIpc) is 3.73. The number of esters is 2. The molecule has 73 heavy (non-hydrogen) atoms. The number of benzene rings is 6. The minimum absolute atomic E-state index is 0. The van der Waals surface area contributed by atoms with E-state index in [0.717, 1.165) is 11.1 Å². The molecule has 6 aromatic rings. The van der Waals surface area contributed by atoms with Gasteiger partial charge in [-0.3, -0.25) is 14.4 Å². The van der Waals surface area contributed by atoms with Gasteiger partial charge in [0.25, 0.3) is 0 Å². The van der Waals surface area contributed by atoms with Gasteiger partial charge in [0.15, 0.2) is 11.2 Å². The number of hydrogen-bond donors (Lipinski definition) is 4. The first-order valence-corrected chi connectivity index (χ1v) is 26.6. The maximum absolute atomic E-state index is 13.2. The number of carbonyl (C=O) groups excluding carboxylic acids is 2. The van der Waals surface area contributed by atoms with Crippen molar-refractivity contribution in [3.63, 3.8) is 0 Å². The molecule has 0 radical (unpaired) electrons. The molecule has 0 fully saturated rings. The summed E-state index contributed by atoms with van der Waals surface area (Å²) in [6.07, 6.45) is 0. The van der Waals surface area contributed by atoms with Crippen molar-refractivity contribution in [1.82, 2.24) is 0 Å². The normalized spacial score (nSPS) is 17.9. The molecule has 2 aliphatic rings. The zero-order valence-corrected chi connectivity index (χ0v) is 46.2. The van der Waals surface area contributed by atoms with Gasteiger partial charge in [0.1, 0.15) is 17.2 Å². The first kappa shape index (κ1) is 56.8. The molecule has 6 aromatic carbocycles. The van der Waals surface area contributed by atoms with Gasteiger partial charge in [-0.25, -0.2) is 14.2 Å². The van der Waals surface area contributed by atoms with Crippen molar-refractivity contribution in [2.24, 2.45) is 0 Å².